The van der Waals surface area contributed by atoms with Crippen molar-refractivity contribution >= 4 is 17.9 Å². The van der Waals surface area contributed by atoms with Gasteiger partial charge < -0.3 is 14.2 Å². The summed E-state index contributed by atoms with van der Waals surface area (Å²) in [6.07, 6.45) is 52.3. The quantitative estimate of drug-likeness (QED) is 0.0265. The molecule has 6 heteroatoms. The predicted octanol–water partition coefficient (Wildman–Crippen LogP) is 15.1. The van der Waals surface area contributed by atoms with Crippen molar-refractivity contribution in [3.05, 3.63) is 48.6 Å². The van der Waals surface area contributed by atoms with Crippen LogP contribution in [0.15, 0.2) is 48.6 Å². The topological polar surface area (TPSA) is 78.9 Å². The van der Waals surface area contributed by atoms with Crippen molar-refractivity contribution in [3.8, 4) is 0 Å². The van der Waals surface area contributed by atoms with Gasteiger partial charge in [0.2, 0.25) is 0 Å². The molecule has 0 unspecified atom stereocenters. The van der Waals surface area contributed by atoms with Gasteiger partial charge in [0, 0.05) is 19.3 Å². The van der Waals surface area contributed by atoms with Gasteiger partial charge in [-0.3, -0.25) is 14.4 Å². The van der Waals surface area contributed by atoms with E-state index < -0.39 is 6.10 Å². The van der Waals surface area contributed by atoms with Crippen molar-refractivity contribution in [2.75, 3.05) is 13.2 Å². The molecule has 0 radical (unpaired) electrons. The molecule has 0 rings (SSSR count). The van der Waals surface area contributed by atoms with Crippen molar-refractivity contribution in [3.63, 3.8) is 0 Å². The molecule has 0 spiro atoms. The molecule has 0 aliphatic carbocycles. The third-order valence-corrected chi connectivity index (χ3v) is 10.1. The van der Waals surface area contributed by atoms with Crippen molar-refractivity contribution in [2.24, 2.45) is 0 Å². The fourth-order valence-electron chi connectivity index (χ4n) is 6.51. The molecule has 0 N–H and O–H groups in total. The third kappa shape index (κ3) is 42.5. The number of carbonyl (C=O) groups is 3. The van der Waals surface area contributed by atoms with Crippen LogP contribution < -0.4 is 0 Å². The van der Waals surface area contributed by atoms with Gasteiger partial charge in [0.1, 0.15) is 13.2 Å². The molecule has 56 heavy (non-hydrogen) atoms. The Morgan fingerprint density at radius 2 is 0.696 bits per heavy atom. The summed E-state index contributed by atoms with van der Waals surface area (Å²) in [5.41, 5.74) is 0. The summed E-state index contributed by atoms with van der Waals surface area (Å²) < 4.78 is 16.7. The van der Waals surface area contributed by atoms with E-state index in [2.05, 4.69) is 69.4 Å². The van der Waals surface area contributed by atoms with Crippen LogP contribution in [0.3, 0.4) is 0 Å². The molecule has 0 aromatic rings. The molecule has 324 valence electrons. The lowest BCUT2D eigenvalue weighted by Gasteiger charge is -2.18. The summed E-state index contributed by atoms with van der Waals surface area (Å²) in [4.78, 5) is 37.8. The molecule has 6 nitrogen and oxygen atoms in total. The Labute approximate surface area is 346 Å². The zero-order valence-electron chi connectivity index (χ0n) is 36.9. The molecule has 0 fully saturated rings. The summed E-state index contributed by atoms with van der Waals surface area (Å²) in [5.74, 6) is -0.907. The number of allylic oxidation sites excluding steroid dienone is 8. The van der Waals surface area contributed by atoms with Crippen LogP contribution >= 0.6 is 0 Å². The Balaban J connectivity index is 4.40. The zero-order chi connectivity index (χ0) is 40.8. The monoisotopic (exact) mass is 785 g/mol. The predicted molar refractivity (Wildman–Crippen MR) is 238 cm³/mol. The lowest BCUT2D eigenvalue weighted by molar-refractivity contribution is -0.167. The van der Waals surface area contributed by atoms with Crippen LogP contribution in [0.2, 0.25) is 0 Å². The van der Waals surface area contributed by atoms with Crippen molar-refractivity contribution < 1.29 is 28.6 Å². The molecule has 0 saturated heterocycles. The highest BCUT2D eigenvalue weighted by Crippen LogP contribution is 2.14. The number of rotatable bonds is 42. The first-order valence-electron chi connectivity index (χ1n) is 23.6. The van der Waals surface area contributed by atoms with E-state index in [1.807, 2.05) is 0 Å². The van der Waals surface area contributed by atoms with Crippen LogP contribution in [0.5, 0.6) is 0 Å². The maximum Gasteiger partial charge on any atom is 0.306 e. The van der Waals surface area contributed by atoms with Crippen LogP contribution in [-0.2, 0) is 28.6 Å². The van der Waals surface area contributed by atoms with E-state index in [-0.39, 0.29) is 31.1 Å². The maximum absolute atomic E-state index is 12.7. The highest BCUT2D eigenvalue weighted by Gasteiger charge is 2.19. The fourth-order valence-corrected chi connectivity index (χ4v) is 6.51. The van der Waals surface area contributed by atoms with Gasteiger partial charge in [0.15, 0.2) is 6.10 Å². The molecule has 1 atom stereocenters. The minimum absolute atomic E-state index is 0.0806. The Morgan fingerprint density at radius 3 is 1.12 bits per heavy atom. The Kier molecular flexibility index (Phi) is 43.0. The smallest absolute Gasteiger partial charge is 0.306 e. The molecule has 0 aromatic heterocycles. The lowest BCUT2D eigenvalue weighted by Crippen LogP contribution is -2.30. The Hall–Kier alpha value is -2.63. The van der Waals surface area contributed by atoms with Gasteiger partial charge in [-0.2, -0.15) is 0 Å². The maximum atomic E-state index is 12.7. The van der Waals surface area contributed by atoms with E-state index in [0.29, 0.717) is 19.3 Å². The zero-order valence-corrected chi connectivity index (χ0v) is 36.9. The van der Waals surface area contributed by atoms with Crippen LogP contribution in [0, 0.1) is 0 Å². The molecule has 0 bridgehead atoms. The standard InChI is InChI=1S/C50H88O6/c1-4-7-10-13-16-19-22-24-25-27-28-31-34-37-40-43-49(52)55-46-47(45-54-48(51)42-39-36-33-30-21-18-15-12-9-6-3)56-50(53)44-41-38-35-32-29-26-23-20-17-14-11-8-5-2/h7,10,16,19-20,23-25,47H,4-6,8-9,11-15,17-18,21-22,26-46H2,1-3H3/b10-7-,19-16-,23-20-,25-24-/t47-/m1/s1. The van der Waals surface area contributed by atoms with E-state index in [4.69, 9.17) is 14.2 Å². The van der Waals surface area contributed by atoms with Gasteiger partial charge in [-0.1, -0.05) is 185 Å². The Bertz CT molecular complexity index is 996. The summed E-state index contributed by atoms with van der Waals surface area (Å²) >= 11 is 0. The van der Waals surface area contributed by atoms with E-state index in [1.165, 1.54) is 83.5 Å². The second-order valence-corrected chi connectivity index (χ2v) is 15.6. The molecule has 0 saturated carbocycles. The molecular weight excluding hydrogens is 697 g/mol. The SMILES string of the molecule is CC/C=C\C/C=C\C/C=C\CCCCCCCC(=O)OC[C@@H](COC(=O)CCCCCCCCCCCC)OC(=O)CCCCCCC/C=C\CCCCCC. The van der Waals surface area contributed by atoms with Crippen LogP contribution in [-0.4, -0.2) is 37.2 Å². The van der Waals surface area contributed by atoms with E-state index in [0.717, 1.165) is 109 Å². The number of ether oxygens (including phenoxy) is 3. The molecule has 0 aliphatic rings. The molecule has 0 amide bonds. The van der Waals surface area contributed by atoms with Crippen LogP contribution in [0.1, 0.15) is 233 Å². The van der Waals surface area contributed by atoms with Crippen molar-refractivity contribution in [1.82, 2.24) is 0 Å². The van der Waals surface area contributed by atoms with Crippen LogP contribution in [0.25, 0.3) is 0 Å². The molecule has 0 heterocycles. The minimum Gasteiger partial charge on any atom is -0.462 e. The highest BCUT2D eigenvalue weighted by atomic mass is 16.6. The summed E-state index contributed by atoms with van der Waals surface area (Å²) in [7, 11) is 0. The van der Waals surface area contributed by atoms with Gasteiger partial charge in [0.05, 0.1) is 0 Å². The van der Waals surface area contributed by atoms with Gasteiger partial charge >= 0.3 is 17.9 Å². The normalized spacial score (nSPS) is 12.4. The first-order valence-corrected chi connectivity index (χ1v) is 23.6. The van der Waals surface area contributed by atoms with Gasteiger partial charge in [-0.25, -0.2) is 0 Å². The summed E-state index contributed by atoms with van der Waals surface area (Å²) in [5, 5.41) is 0. The number of unbranched alkanes of at least 4 members (excludes halogenated alkanes) is 23. The van der Waals surface area contributed by atoms with Gasteiger partial charge in [0.25, 0.3) is 0 Å². The first kappa shape index (κ1) is 53.4. The molecule has 0 aromatic carbocycles. The third-order valence-electron chi connectivity index (χ3n) is 10.1. The number of hydrogen-bond acceptors (Lipinski definition) is 6. The van der Waals surface area contributed by atoms with Gasteiger partial charge in [-0.15, -0.1) is 0 Å². The highest BCUT2D eigenvalue weighted by molar-refractivity contribution is 5.71. The van der Waals surface area contributed by atoms with Gasteiger partial charge in [-0.05, 0) is 77.0 Å². The average molecular weight is 785 g/mol. The minimum atomic E-state index is -0.779. The second-order valence-electron chi connectivity index (χ2n) is 15.6. The lowest BCUT2D eigenvalue weighted by atomic mass is 10.1. The Morgan fingerprint density at radius 1 is 0.375 bits per heavy atom. The second kappa shape index (κ2) is 45.1. The first-order chi connectivity index (χ1) is 27.5. The van der Waals surface area contributed by atoms with Crippen molar-refractivity contribution in [2.45, 2.75) is 239 Å². The number of carbonyl (C=O) groups excluding carboxylic acids is 3. The van der Waals surface area contributed by atoms with E-state index in [1.54, 1.807) is 0 Å². The fraction of sp³-hybridized carbons (Fsp3) is 0.780. The average Bonchev–Trinajstić information content (AvgIpc) is 3.19. The van der Waals surface area contributed by atoms with E-state index in [9.17, 15) is 14.4 Å². The summed E-state index contributed by atoms with van der Waals surface area (Å²) in [6, 6.07) is 0. The molecule has 0 aliphatic heterocycles. The number of hydrogen-bond donors (Lipinski definition) is 0. The van der Waals surface area contributed by atoms with Crippen LogP contribution in [0.4, 0.5) is 0 Å². The van der Waals surface area contributed by atoms with Crippen molar-refractivity contribution in [1.29, 1.82) is 0 Å². The number of esters is 3. The molecular formula is C50H88O6. The summed E-state index contributed by atoms with van der Waals surface area (Å²) in [6.45, 7) is 6.47. The van der Waals surface area contributed by atoms with E-state index >= 15 is 0 Å². The largest absolute Gasteiger partial charge is 0.462 e.